The molecule has 0 aromatic rings. The molecule has 0 aliphatic carbocycles. The Bertz CT molecular complexity index is 248. The summed E-state index contributed by atoms with van der Waals surface area (Å²) < 4.78 is 4.87. The second-order valence-electron chi connectivity index (χ2n) is 2.48. The third-order valence-corrected chi connectivity index (χ3v) is 1.68. The fourth-order valence-corrected chi connectivity index (χ4v) is 0.911. The monoisotopic (exact) mass is 270 g/mol. The Balaban J connectivity index is 0.000000791. The van der Waals surface area contributed by atoms with Crippen molar-refractivity contribution in [2.45, 2.75) is 13.3 Å². The molecule has 86 valence electrons. The van der Waals surface area contributed by atoms with Gasteiger partial charge in [0.1, 0.15) is 5.70 Å². The first kappa shape index (κ1) is 13.5. The summed E-state index contributed by atoms with van der Waals surface area (Å²) >= 11 is 3.66. The van der Waals surface area contributed by atoms with Gasteiger partial charge >= 0.3 is 25.2 Å². The molecule has 8 heteroatoms. The van der Waals surface area contributed by atoms with E-state index >= 15 is 0 Å². The van der Waals surface area contributed by atoms with Crippen molar-refractivity contribution >= 4 is 16.0 Å². The number of hydrogen-bond acceptors (Lipinski definition) is 5. The molecule has 5 N–H and O–H groups in total. The molecule has 0 aromatic heterocycles. The van der Waals surface area contributed by atoms with Crippen LogP contribution in [0.4, 0.5) is 0 Å². The molecule has 1 amide bonds. The first-order chi connectivity index (χ1) is 6.57. The second-order valence-corrected chi connectivity index (χ2v) is 2.48. The van der Waals surface area contributed by atoms with E-state index in [1.807, 2.05) is 0 Å². The fraction of sp³-hybridized carbons (Fsp3) is 0.500. The van der Waals surface area contributed by atoms with Crippen LogP contribution < -0.4 is 16.9 Å². The van der Waals surface area contributed by atoms with Crippen molar-refractivity contribution in [2.75, 3.05) is 7.11 Å². The van der Waals surface area contributed by atoms with E-state index in [2.05, 4.69) is 30.5 Å². The number of halogens is 1. The predicted octanol–water partition coefficient (Wildman–Crippen LogP) is -0.901. The number of allylic oxidation sites excluding steroid dienone is 1. The zero-order chi connectivity index (χ0) is 11.3. The van der Waals surface area contributed by atoms with Crippen LogP contribution in [0.3, 0.4) is 0 Å². The Morgan fingerprint density at radius 3 is 2.57 bits per heavy atom. The van der Waals surface area contributed by atoms with Crippen LogP contribution >= 0.6 is 10.1 Å². The van der Waals surface area contributed by atoms with Crippen molar-refractivity contribution in [1.82, 2.24) is 10.3 Å². The molecule has 14 heavy (non-hydrogen) atoms. The van der Waals surface area contributed by atoms with Crippen molar-refractivity contribution in [1.29, 1.82) is 0 Å². The van der Waals surface area contributed by atoms with Crippen molar-refractivity contribution in [3.05, 3.63) is 11.4 Å². The van der Waals surface area contributed by atoms with E-state index in [1.165, 1.54) is 7.11 Å². The molecule has 1 unspecified atom stereocenters. The average molecular weight is 271 g/mol. The van der Waals surface area contributed by atoms with E-state index in [0.717, 1.165) is 5.01 Å². The summed E-state index contributed by atoms with van der Waals surface area (Å²) in [7, 11) is 5.65. The van der Waals surface area contributed by atoms with Gasteiger partial charge in [0.2, 0.25) is 6.35 Å². The summed E-state index contributed by atoms with van der Waals surface area (Å²) in [4.78, 5) is 11.2. The fourth-order valence-electron chi connectivity index (χ4n) is 0.911. The third-order valence-electron chi connectivity index (χ3n) is 1.68. The maximum absolute atomic E-state index is 11.2. The number of rotatable bonds is 1. The second kappa shape index (κ2) is 6.10. The zero-order valence-corrected chi connectivity index (χ0v) is 9.37. The van der Waals surface area contributed by atoms with Crippen LogP contribution in [-0.2, 0) is 24.6 Å². The normalized spacial score (nSPS) is 21.4. The number of carbonyl (C=O) groups is 1. The number of carbonyl (C=O) groups excluding carboxylic acids is 1. The SMILES string of the molecule is COC1NC(C)=C(N)C(=O)N1N.[Cl][Cu]. The summed E-state index contributed by atoms with van der Waals surface area (Å²) in [5.41, 5.74) is 6.11. The Hall–Kier alpha value is -0.461. The van der Waals surface area contributed by atoms with E-state index in [-0.39, 0.29) is 5.70 Å². The van der Waals surface area contributed by atoms with Gasteiger partial charge in [0.25, 0.3) is 5.91 Å². The zero-order valence-electron chi connectivity index (χ0n) is 7.68. The van der Waals surface area contributed by atoms with Gasteiger partial charge in [-0.25, -0.2) is 10.9 Å². The van der Waals surface area contributed by atoms with Gasteiger partial charge < -0.3 is 15.8 Å². The Morgan fingerprint density at radius 1 is 1.64 bits per heavy atom. The van der Waals surface area contributed by atoms with Gasteiger partial charge in [-0.05, 0) is 6.92 Å². The molecule has 0 saturated heterocycles. The van der Waals surface area contributed by atoms with Gasteiger partial charge in [0, 0.05) is 12.8 Å². The number of hydrazine groups is 1. The van der Waals surface area contributed by atoms with E-state index in [1.54, 1.807) is 6.92 Å². The van der Waals surface area contributed by atoms with E-state index in [4.69, 9.17) is 16.3 Å². The molecule has 0 radical (unpaired) electrons. The molecule has 1 aliphatic rings. The van der Waals surface area contributed by atoms with Gasteiger partial charge in [0.15, 0.2) is 0 Å². The molecule has 6 nitrogen and oxygen atoms in total. The summed E-state index contributed by atoms with van der Waals surface area (Å²) in [5.74, 6) is 4.94. The first-order valence-corrected chi connectivity index (χ1v) is 4.83. The van der Waals surface area contributed by atoms with Crippen LogP contribution in [0.15, 0.2) is 11.4 Å². The molecule has 0 saturated carbocycles. The number of amides is 1. The standard InChI is InChI=1S/C6H12N4O2.ClH.Cu/c1-3-4(7)5(11)10(8)6(9-3)12-2;;/h6,9H,7-8H2,1-2H3;1H;/q;;+1/p-1. The van der Waals surface area contributed by atoms with Gasteiger partial charge in [-0.15, -0.1) is 0 Å². The van der Waals surface area contributed by atoms with Crippen molar-refractivity contribution in [2.24, 2.45) is 11.6 Å². The first-order valence-electron chi connectivity index (χ1n) is 3.53. The van der Waals surface area contributed by atoms with Gasteiger partial charge in [0.05, 0.1) is 0 Å². The molecule has 1 rings (SSSR count). The quantitative estimate of drug-likeness (QED) is 0.326. The Morgan fingerprint density at radius 2 is 2.14 bits per heavy atom. The number of nitrogens with two attached hydrogens (primary N) is 2. The number of hydrogen-bond donors (Lipinski definition) is 3. The number of ether oxygens (including phenoxy) is 1. The predicted molar refractivity (Wildman–Crippen MR) is 47.7 cm³/mol. The summed E-state index contributed by atoms with van der Waals surface area (Å²) in [6.07, 6.45) is -0.634. The van der Waals surface area contributed by atoms with Gasteiger partial charge in [-0.2, -0.15) is 0 Å². The molecule has 1 heterocycles. The maximum atomic E-state index is 11.2. The number of nitrogens with one attached hydrogen (secondary N) is 1. The topological polar surface area (TPSA) is 93.6 Å². The molecule has 0 bridgehead atoms. The van der Waals surface area contributed by atoms with Crippen LogP contribution in [0.25, 0.3) is 0 Å². The van der Waals surface area contributed by atoms with Crippen molar-refractivity contribution < 1.29 is 24.6 Å². The van der Waals surface area contributed by atoms with Crippen LogP contribution in [-0.4, -0.2) is 24.4 Å². The molecular weight excluding hydrogens is 259 g/mol. The van der Waals surface area contributed by atoms with E-state index < -0.39 is 12.3 Å². The minimum atomic E-state index is -0.634. The van der Waals surface area contributed by atoms with Gasteiger partial charge in [-0.3, -0.25) is 4.79 Å². The third kappa shape index (κ3) is 2.76. The van der Waals surface area contributed by atoms with Crippen LogP contribution in [0, 0.1) is 0 Å². The van der Waals surface area contributed by atoms with Gasteiger partial charge in [-0.1, -0.05) is 0 Å². The number of methoxy groups -OCH3 is 1. The number of nitrogens with zero attached hydrogens (tertiary/aromatic N) is 1. The molecule has 1 aliphatic heterocycles. The molecule has 1 atom stereocenters. The summed E-state index contributed by atoms with van der Waals surface area (Å²) in [6, 6.07) is 0. The van der Waals surface area contributed by atoms with E-state index in [9.17, 15) is 4.79 Å². The van der Waals surface area contributed by atoms with Crippen molar-refractivity contribution in [3.63, 3.8) is 0 Å². The minimum absolute atomic E-state index is 0.116. The van der Waals surface area contributed by atoms with Crippen molar-refractivity contribution in [3.8, 4) is 0 Å². The van der Waals surface area contributed by atoms with Crippen LogP contribution in [0.2, 0.25) is 0 Å². The van der Waals surface area contributed by atoms with Crippen LogP contribution in [0.1, 0.15) is 6.92 Å². The van der Waals surface area contributed by atoms with E-state index in [0.29, 0.717) is 5.70 Å². The Kier molecular flexibility index (Phi) is 5.90. The summed E-state index contributed by atoms with van der Waals surface area (Å²) in [6.45, 7) is 1.69. The Labute approximate surface area is 94.6 Å². The van der Waals surface area contributed by atoms with Crippen LogP contribution in [0.5, 0.6) is 0 Å². The average Bonchev–Trinajstić information content (AvgIpc) is 2.23. The molecular formula is C6H12ClCuN4O2. The summed E-state index contributed by atoms with van der Waals surface area (Å²) in [5, 5.41) is 3.71. The molecule has 0 spiro atoms. The molecule has 0 aromatic carbocycles. The molecule has 0 fully saturated rings.